The van der Waals surface area contributed by atoms with Gasteiger partial charge < -0.3 is 20.3 Å². The Labute approximate surface area is 411 Å². The molecule has 0 aromatic heterocycles. The quantitative estimate of drug-likeness (QED) is 0.0321. The van der Waals surface area contributed by atoms with Crippen LogP contribution in [0, 0.1) is 0 Å². The maximum atomic E-state index is 12.5. The Morgan fingerprint density at radius 2 is 0.758 bits per heavy atom. The van der Waals surface area contributed by atoms with Crippen molar-refractivity contribution >= 4 is 11.9 Å². The first-order chi connectivity index (χ1) is 32.5. The maximum absolute atomic E-state index is 12.5. The second-order valence-electron chi connectivity index (χ2n) is 20.3. The molecule has 0 aliphatic carbocycles. The zero-order valence-corrected chi connectivity index (χ0v) is 44.4. The van der Waals surface area contributed by atoms with Crippen LogP contribution < -0.4 is 5.32 Å². The molecule has 6 heteroatoms. The maximum Gasteiger partial charge on any atom is 0.305 e. The SMILES string of the molecule is CCCCC/C=C\C/C=C\CCCCCCCCCC(=O)OCCCCCCCCCCCCCCCCCCCCCC(=O)NC(CO)C(O)CCCCCCCCCCCCCCC. The fourth-order valence-electron chi connectivity index (χ4n) is 9.20. The molecule has 0 spiro atoms. The van der Waals surface area contributed by atoms with Crippen molar-refractivity contribution in [2.75, 3.05) is 13.2 Å². The van der Waals surface area contributed by atoms with Crippen molar-refractivity contribution < 1.29 is 24.5 Å². The molecule has 390 valence electrons. The fourth-order valence-corrected chi connectivity index (χ4v) is 9.20. The number of ether oxygens (including phenoxy) is 1. The van der Waals surface area contributed by atoms with Crippen LogP contribution in [0.4, 0.5) is 0 Å². The van der Waals surface area contributed by atoms with Gasteiger partial charge in [0.25, 0.3) is 0 Å². The number of nitrogens with one attached hydrogen (secondary N) is 1. The summed E-state index contributed by atoms with van der Waals surface area (Å²) in [5, 5.41) is 23.2. The highest BCUT2D eigenvalue weighted by molar-refractivity contribution is 5.76. The predicted octanol–water partition coefficient (Wildman–Crippen LogP) is 18.2. The lowest BCUT2D eigenvalue weighted by Gasteiger charge is -2.22. The number of carbonyl (C=O) groups is 2. The van der Waals surface area contributed by atoms with Crippen molar-refractivity contribution in [3.05, 3.63) is 24.3 Å². The van der Waals surface area contributed by atoms with Gasteiger partial charge in [0.15, 0.2) is 0 Å². The first-order valence-corrected chi connectivity index (χ1v) is 29.6. The van der Waals surface area contributed by atoms with Gasteiger partial charge in [-0.1, -0.05) is 276 Å². The summed E-state index contributed by atoms with van der Waals surface area (Å²) in [6, 6.07) is -0.543. The predicted molar refractivity (Wildman–Crippen MR) is 287 cm³/mol. The topological polar surface area (TPSA) is 95.9 Å². The molecular weight excluding hydrogens is 815 g/mol. The van der Waals surface area contributed by atoms with E-state index in [0.29, 0.717) is 25.9 Å². The largest absolute Gasteiger partial charge is 0.466 e. The van der Waals surface area contributed by atoms with E-state index in [4.69, 9.17) is 4.74 Å². The Balaban J connectivity index is 3.38. The van der Waals surface area contributed by atoms with Crippen LogP contribution in [0.3, 0.4) is 0 Å². The van der Waals surface area contributed by atoms with Gasteiger partial charge in [-0.2, -0.15) is 0 Å². The second-order valence-corrected chi connectivity index (χ2v) is 20.3. The summed E-state index contributed by atoms with van der Waals surface area (Å²) in [6.45, 7) is 4.93. The summed E-state index contributed by atoms with van der Waals surface area (Å²) in [4.78, 5) is 24.5. The molecule has 0 aliphatic heterocycles. The van der Waals surface area contributed by atoms with E-state index >= 15 is 0 Å². The average Bonchev–Trinajstić information content (AvgIpc) is 3.32. The van der Waals surface area contributed by atoms with E-state index in [1.165, 1.54) is 238 Å². The number of amides is 1. The number of unbranched alkanes of at least 4 members (excludes halogenated alkanes) is 40. The lowest BCUT2D eigenvalue weighted by molar-refractivity contribution is -0.143. The highest BCUT2D eigenvalue weighted by atomic mass is 16.5. The molecule has 0 bridgehead atoms. The summed E-state index contributed by atoms with van der Waals surface area (Å²) in [5.41, 5.74) is 0. The third-order valence-corrected chi connectivity index (χ3v) is 13.8. The van der Waals surface area contributed by atoms with Crippen LogP contribution in [-0.4, -0.2) is 47.4 Å². The van der Waals surface area contributed by atoms with Gasteiger partial charge >= 0.3 is 5.97 Å². The van der Waals surface area contributed by atoms with Crippen LogP contribution in [0.15, 0.2) is 24.3 Å². The summed E-state index contributed by atoms with van der Waals surface area (Å²) >= 11 is 0. The number of rotatable bonds is 55. The lowest BCUT2D eigenvalue weighted by atomic mass is 10.0. The molecule has 1 amide bonds. The van der Waals surface area contributed by atoms with Crippen LogP contribution >= 0.6 is 0 Å². The molecular formula is C60H115NO5. The highest BCUT2D eigenvalue weighted by Gasteiger charge is 2.20. The smallest absolute Gasteiger partial charge is 0.305 e. The van der Waals surface area contributed by atoms with E-state index in [1.54, 1.807) is 0 Å². The minimum Gasteiger partial charge on any atom is -0.466 e. The summed E-state index contributed by atoms with van der Waals surface area (Å²) in [6.07, 6.45) is 67.4. The van der Waals surface area contributed by atoms with Crippen molar-refractivity contribution in [2.24, 2.45) is 0 Å². The Hall–Kier alpha value is -1.66. The Bertz CT molecular complexity index is 1030. The van der Waals surface area contributed by atoms with Gasteiger partial charge in [0, 0.05) is 12.8 Å². The average molecular weight is 931 g/mol. The molecule has 3 N–H and O–H groups in total. The van der Waals surface area contributed by atoms with E-state index < -0.39 is 12.1 Å². The molecule has 0 aromatic carbocycles. The van der Waals surface area contributed by atoms with E-state index in [9.17, 15) is 19.8 Å². The molecule has 0 rings (SSSR count). The van der Waals surface area contributed by atoms with Crippen molar-refractivity contribution in [1.82, 2.24) is 5.32 Å². The Morgan fingerprint density at radius 3 is 1.18 bits per heavy atom. The highest BCUT2D eigenvalue weighted by Crippen LogP contribution is 2.17. The summed E-state index contributed by atoms with van der Waals surface area (Å²) in [7, 11) is 0. The van der Waals surface area contributed by atoms with Gasteiger partial charge in [-0.25, -0.2) is 0 Å². The van der Waals surface area contributed by atoms with Gasteiger partial charge in [-0.3, -0.25) is 9.59 Å². The molecule has 2 atom stereocenters. The lowest BCUT2D eigenvalue weighted by Crippen LogP contribution is -2.45. The van der Waals surface area contributed by atoms with Gasteiger partial charge in [-0.15, -0.1) is 0 Å². The molecule has 2 unspecified atom stereocenters. The van der Waals surface area contributed by atoms with Gasteiger partial charge in [-0.05, 0) is 57.8 Å². The second kappa shape index (κ2) is 55.9. The van der Waals surface area contributed by atoms with Crippen LogP contribution in [0.2, 0.25) is 0 Å². The molecule has 0 fully saturated rings. The summed E-state index contributed by atoms with van der Waals surface area (Å²) < 4.78 is 5.48. The van der Waals surface area contributed by atoms with E-state index in [-0.39, 0.29) is 18.5 Å². The number of carbonyl (C=O) groups excluding carboxylic acids is 2. The van der Waals surface area contributed by atoms with E-state index in [1.807, 2.05) is 0 Å². The third kappa shape index (κ3) is 51.7. The molecule has 0 saturated heterocycles. The van der Waals surface area contributed by atoms with Crippen molar-refractivity contribution in [3.63, 3.8) is 0 Å². The minimum absolute atomic E-state index is 0.00158. The van der Waals surface area contributed by atoms with Crippen molar-refractivity contribution in [3.8, 4) is 0 Å². The van der Waals surface area contributed by atoms with Gasteiger partial charge in [0.2, 0.25) is 5.91 Å². The molecule has 6 nitrogen and oxygen atoms in total. The zero-order valence-electron chi connectivity index (χ0n) is 44.4. The first kappa shape index (κ1) is 64.3. The number of hydrogen-bond donors (Lipinski definition) is 3. The van der Waals surface area contributed by atoms with Crippen LogP contribution in [0.1, 0.15) is 322 Å². The number of esters is 1. The van der Waals surface area contributed by atoms with Crippen molar-refractivity contribution in [2.45, 2.75) is 334 Å². The normalized spacial score (nSPS) is 12.7. The van der Waals surface area contributed by atoms with Crippen LogP contribution in [-0.2, 0) is 14.3 Å². The fraction of sp³-hybridized carbons (Fsp3) is 0.900. The van der Waals surface area contributed by atoms with Crippen LogP contribution in [0.25, 0.3) is 0 Å². The zero-order chi connectivity index (χ0) is 47.9. The molecule has 66 heavy (non-hydrogen) atoms. The monoisotopic (exact) mass is 930 g/mol. The Morgan fingerprint density at radius 1 is 0.424 bits per heavy atom. The molecule has 0 saturated carbocycles. The number of aliphatic hydroxyl groups is 2. The first-order valence-electron chi connectivity index (χ1n) is 29.6. The molecule has 0 aliphatic rings. The minimum atomic E-state index is -0.665. The third-order valence-electron chi connectivity index (χ3n) is 13.8. The molecule has 0 radical (unpaired) electrons. The van der Waals surface area contributed by atoms with Gasteiger partial charge in [0.05, 0.1) is 25.4 Å². The van der Waals surface area contributed by atoms with Gasteiger partial charge in [0.1, 0.15) is 0 Å². The molecule has 0 aromatic rings. The number of aliphatic hydroxyl groups excluding tert-OH is 2. The Kier molecular flexibility index (Phi) is 54.5. The standard InChI is InChI=1S/C60H115NO5/c1-3-5-7-9-11-13-15-17-18-22-26-30-34-38-42-46-50-54-60(65)66-55-51-47-43-39-35-31-27-24-21-19-20-23-25-29-33-37-41-45-49-53-59(64)61-57(56-62)58(63)52-48-44-40-36-32-28-16-14-12-10-8-6-4-2/h11,13,17-18,57-58,62-63H,3-10,12,14-16,19-56H2,1-2H3,(H,61,64)/b13-11-,18-17-. The van der Waals surface area contributed by atoms with E-state index in [2.05, 4.69) is 43.5 Å². The van der Waals surface area contributed by atoms with Crippen LogP contribution in [0.5, 0.6) is 0 Å². The van der Waals surface area contributed by atoms with E-state index in [0.717, 1.165) is 51.4 Å². The summed E-state index contributed by atoms with van der Waals surface area (Å²) in [5.74, 6) is -0.0356. The number of hydrogen-bond acceptors (Lipinski definition) is 5. The number of allylic oxidation sites excluding steroid dienone is 4. The van der Waals surface area contributed by atoms with Crippen molar-refractivity contribution in [1.29, 1.82) is 0 Å². The molecule has 0 heterocycles.